The minimum atomic E-state index is 0.485. The van der Waals surface area contributed by atoms with E-state index in [1.165, 1.54) is 19.3 Å². The van der Waals surface area contributed by atoms with Gasteiger partial charge in [-0.3, -0.25) is 0 Å². The Bertz CT molecular complexity index is 280. The van der Waals surface area contributed by atoms with Crippen molar-refractivity contribution >= 4 is 15.9 Å². The molecule has 12 heavy (non-hydrogen) atoms. The molecule has 1 aromatic heterocycles. The lowest BCUT2D eigenvalue weighted by Gasteiger charge is -2.03. The molecule has 66 valence electrons. The summed E-state index contributed by atoms with van der Waals surface area (Å²) in [7, 11) is 0. The maximum atomic E-state index is 5.20. The van der Waals surface area contributed by atoms with Crippen LogP contribution in [0.5, 0.6) is 0 Å². The maximum absolute atomic E-state index is 5.20. The van der Waals surface area contributed by atoms with Gasteiger partial charge in [-0.15, -0.1) is 10.2 Å². The third-order valence-corrected chi connectivity index (χ3v) is 2.81. The van der Waals surface area contributed by atoms with Gasteiger partial charge in [-0.1, -0.05) is 6.92 Å². The summed E-state index contributed by atoms with van der Waals surface area (Å²) in [5.41, 5.74) is 0.570. The smallest absolute Gasteiger partial charge is 0.284 e. The number of halogens is 1. The lowest BCUT2D eigenvalue weighted by Crippen LogP contribution is -1.96. The second-order valence-corrected chi connectivity index (χ2v) is 4.44. The fraction of sp³-hybridized carbons (Fsp3) is 0.750. The van der Waals surface area contributed by atoms with E-state index in [0.29, 0.717) is 10.2 Å². The molecule has 1 aliphatic carbocycles. The zero-order valence-electron chi connectivity index (χ0n) is 7.01. The number of rotatable bonds is 3. The van der Waals surface area contributed by atoms with Gasteiger partial charge in [0, 0.05) is 22.4 Å². The molecule has 4 heteroatoms. The van der Waals surface area contributed by atoms with Crippen LogP contribution in [-0.4, -0.2) is 10.2 Å². The third kappa shape index (κ3) is 1.86. The van der Waals surface area contributed by atoms with E-state index < -0.39 is 0 Å². The first-order valence-corrected chi connectivity index (χ1v) is 4.95. The van der Waals surface area contributed by atoms with Gasteiger partial charge in [0.2, 0.25) is 5.89 Å². The molecule has 1 aromatic rings. The molecule has 0 aliphatic heterocycles. The molecule has 1 aliphatic rings. The van der Waals surface area contributed by atoms with E-state index >= 15 is 0 Å². The highest BCUT2D eigenvalue weighted by molar-refractivity contribution is 9.10. The summed E-state index contributed by atoms with van der Waals surface area (Å²) in [4.78, 5) is 0.485. The lowest BCUT2D eigenvalue weighted by atomic mass is 10.0. The summed E-state index contributed by atoms with van der Waals surface area (Å²) < 4.78 is 5.20. The van der Waals surface area contributed by atoms with Crippen LogP contribution in [0.3, 0.4) is 0 Å². The summed E-state index contributed by atoms with van der Waals surface area (Å²) in [5, 5.41) is 7.62. The molecule has 0 unspecified atom stereocenters. The highest BCUT2D eigenvalue weighted by Gasteiger charge is 2.36. The van der Waals surface area contributed by atoms with E-state index in [-0.39, 0.29) is 0 Å². The lowest BCUT2D eigenvalue weighted by molar-refractivity contribution is 0.428. The van der Waals surface area contributed by atoms with Crippen molar-refractivity contribution in [1.82, 2.24) is 10.2 Å². The molecule has 0 radical (unpaired) electrons. The average Bonchev–Trinajstić information content (AvgIpc) is 2.60. The molecule has 0 bridgehead atoms. The molecule has 0 atom stereocenters. The Morgan fingerprint density at radius 3 is 2.75 bits per heavy atom. The molecule has 0 aromatic carbocycles. The Morgan fingerprint density at radius 2 is 2.25 bits per heavy atom. The molecule has 0 saturated heterocycles. The fourth-order valence-electron chi connectivity index (χ4n) is 1.21. The highest BCUT2D eigenvalue weighted by atomic mass is 79.9. The van der Waals surface area contributed by atoms with Crippen molar-refractivity contribution in [2.24, 2.45) is 5.41 Å². The highest BCUT2D eigenvalue weighted by Crippen LogP contribution is 2.48. The quantitative estimate of drug-likeness (QED) is 0.802. The summed E-state index contributed by atoms with van der Waals surface area (Å²) in [6.07, 6.45) is 4.78. The number of aromatic nitrogens is 2. The first-order chi connectivity index (χ1) is 5.68. The van der Waals surface area contributed by atoms with Crippen LogP contribution < -0.4 is 0 Å². The van der Waals surface area contributed by atoms with E-state index in [9.17, 15) is 0 Å². The van der Waals surface area contributed by atoms with Crippen LogP contribution in [0, 0.1) is 5.41 Å². The Kier molecular flexibility index (Phi) is 1.94. The second-order valence-electron chi connectivity index (χ2n) is 3.76. The molecule has 1 fully saturated rings. The summed E-state index contributed by atoms with van der Waals surface area (Å²) in [6.45, 7) is 2.30. The number of hydrogen-bond acceptors (Lipinski definition) is 3. The third-order valence-electron chi connectivity index (χ3n) is 2.49. The van der Waals surface area contributed by atoms with Crippen LogP contribution in [-0.2, 0) is 6.42 Å². The van der Waals surface area contributed by atoms with Crippen LogP contribution in [0.1, 0.15) is 32.1 Å². The first kappa shape index (κ1) is 8.23. The standard InChI is InChI=1S/C8H11BrN2O/c1-8(4-5-8)3-2-6-10-11-7(9)12-6/h2-5H2,1H3. The Labute approximate surface area is 79.7 Å². The van der Waals surface area contributed by atoms with E-state index in [1.54, 1.807) is 0 Å². The topological polar surface area (TPSA) is 38.9 Å². The molecular formula is C8H11BrN2O. The van der Waals surface area contributed by atoms with Gasteiger partial charge in [-0.25, -0.2) is 0 Å². The van der Waals surface area contributed by atoms with Crippen molar-refractivity contribution in [2.45, 2.75) is 32.6 Å². The minimum absolute atomic E-state index is 0.485. The molecule has 1 heterocycles. The van der Waals surface area contributed by atoms with Crippen molar-refractivity contribution in [1.29, 1.82) is 0 Å². The summed E-state index contributed by atoms with van der Waals surface area (Å²) >= 11 is 3.13. The van der Waals surface area contributed by atoms with Gasteiger partial charge in [0.05, 0.1) is 0 Å². The molecule has 3 nitrogen and oxygen atoms in total. The number of hydrogen-bond donors (Lipinski definition) is 0. The van der Waals surface area contributed by atoms with Crippen LogP contribution in [0.2, 0.25) is 0 Å². The van der Waals surface area contributed by atoms with Gasteiger partial charge in [0.25, 0.3) is 4.80 Å². The van der Waals surface area contributed by atoms with Crippen molar-refractivity contribution in [3.05, 3.63) is 10.7 Å². The van der Waals surface area contributed by atoms with Crippen molar-refractivity contribution < 1.29 is 4.42 Å². The van der Waals surface area contributed by atoms with E-state index in [0.717, 1.165) is 12.3 Å². The van der Waals surface area contributed by atoms with Crippen molar-refractivity contribution in [3.63, 3.8) is 0 Å². The number of nitrogens with zero attached hydrogens (tertiary/aromatic N) is 2. The first-order valence-electron chi connectivity index (χ1n) is 4.16. The van der Waals surface area contributed by atoms with Gasteiger partial charge in [0.15, 0.2) is 0 Å². The van der Waals surface area contributed by atoms with Gasteiger partial charge in [0.1, 0.15) is 0 Å². The van der Waals surface area contributed by atoms with E-state index in [1.807, 2.05) is 0 Å². The monoisotopic (exact) mass is 230 g/mol. The predicted octanol–water partition coefficient (Wildman–Crippen LogP) is 2.56. The molecule has 0 amide bonds. The summed E-state index contributed by atoms with van der Waals surface area (Å²) in [5.74, 6) is 0.745. The van der Waals surface area contributed by atoms with Crippen LogP contribution >= 0.6 is 15.9 Å². The zero-order valence-corrected chi connectivity index (χ0v) is 8.60. The zero-order chi connectivity index (χ0) is 8.60. The normalized spacial score (nSPS) is 19.5. The Balaban J connectivity index is 1.87. The van der Waals surface area contributed by atoms with Crippen molar-refractivity contribution in [3.8, 4) is 0 Å². The number of aryl methyl sites for hydroxylation is 1. The summed E-state index contributed by atoms with van der Waals surface area (Å²) in [6, 6.07) is 0. The van der Waals surface area contributed by atoms with Crippen LogP contribution in [0.4, 0.5) is 0 Å². The Morgan fingerprint density at radius 1 is 1.50 bits per heavy atom. The maximum Gasteiger partial charge on any atom is 0.284 e. The van der Waals surface area contributed by atoms with Gasteiger partial charge in [-0.2, -0.15) is 0 Å². The fourth-order valence-corrected chi connectivity index (χ4v) is 1.47. The predicted molar refractivity (Wildman–Crippen MR) is 47.7 cm³/mol. The van der Waals surface area contributed by atoms with Crippen LogP contribution in [0.15, 0.2) is 9.22 Å². The molecule has 2 rings (SSSR count). The van der Waals surface area contributed by atoms with Crippen LogP contribution in [0.25, 0.3) is 0 Å². The molecule has 1 saturated carbocycles. The molecule has 0 N–H and O–H groups in total. The van der Waals surface area contributed by atoms with Gasteiger partial charge < -0.3 is 4.42 Å². The van der Waals surface area contributed by atoms with Gasteiger partial charge in [-0.05, 0) is 24.7 Å². The van der Waals surface area contributed by atoms with E-state index in [4.69, 9.17) is 4.42 Å². The SMILES string of the molecule is CC1(CCc2nnc(Br)o2)CC1. The average molecular weight is 231 g/mol. The van der Waals surface area contributed by atoms with Crippen molar-refractivity contribution in [2.75, 3.05) is 0 Å². The minimum Gasteiger partial charge on any atom is -0.416 e. The van der Waals surface area contributed by atoms with Gasteiger partial charge >= 0.3 is 0 Å². The largest absolute Gasteiger partial charge is 0.416 e. The molecular weight excluding hydrogens is 220 g/mol. The molecule has 0 spiro atoms. The Hall–Kier alpha value is -0.380. The second kappa shape index (κ2) is 2.83. The van der Waals surface area contributed by atoms with E-state index in [2.05, 4.69) is 33.1 Å².